The summed E-state index contributed by atoms with van der Waals surface area (Å²) in [5.41, 5.74) is 2.32. The molecule has 0 unspecified atom stereocenters. The number of halogens is 1. The van der Waals surface area contributed by atoms with Crippen LogP contribution in [0.1, 0.15) is 25.0 Å². The van der Waals surface area contributed by atoms with Crippen molar-refractivity contribution in [2.45, 2.75) is 27.3 Å². The Kier molecular flexibility index (Phi) is 4.33. The Balaban J connectivity index is 2.58. The largest absolute Gasteiger partial charge is 0.352 e. The highest BCUT2D eigenvalue weighted by Gasteiger charge is 2.06. The molecule has 0 saturated carbocycles. The van der Waals surface area contributed by atoms with Gasteiger partial charge in [-0.2, -0.15) is 0 Å². The Bertz CT molecular complexity index is 361. The van der Waals surface area contributed by atoms with E-state index in [4.69, 9.17) is 0 Å². The molecule has 82 valence electrons. The summed E-state index contributed by atoms with van der Waals surface area (Å²) in [6, 6.07) is 6.11. The number of aryl methyl sites for hydroxylation is 1. The van der Waals surface area contributed by atoms with Gasteiger partial charge in [-0.25, -0.2) is 0 Å². The van der Waals surface area contributed by atoms with E-state index in [0.29, 0.717) is 6.54 Å². The molecule has 1 rings (SSSR count). The topological polar surface area (TPSA) is 29.1 Å². The molecule has 1 aromatic carbocycles. The van der Waals surface area contributed by atoms with Crippen molar-refractivity contribution in [3.05, 3.63) is 33.8 Å². The lowest BCUT2D eigenvalue weighted by Gasteiger charge is -2.08. The molecule has 0 fully saturated rings. The molecule has 0 aliphatic heterocycles. The minimum Gasteiger partial charge on any atom is -0.352 e. The minimum atomic E-state index is 0.0406. The van der Waals surface area contributed by atoms with Crippen molar-refractivity contribution in [2.24, 2.45) is 5.92 Å². The first-order valence-corrected chi connectivity index (χ1v) is 5.82. The van der Waals surface area contributed by atoms with Crippen molar-refractivity contribution < 1.29 is 4.79 Å². The third-order valence-electron chi connectivity index (χ3n) is 2.23. The first-order valence-electron chi connectivity index (χ1n) is 5.03. The van der Waals surface area contributed by atoms with E-state index in [9.17, 15) is 4.79 Å². The van der Waals surface area contributed by atoms with Crippen LogP contribution in [-0.4, -0.2) is 5.91 Å². The predicted molar refractivity (Wildman–Crippen MR) is 65.6 cm³/mol. The van der Waals surface area contributed by atoms with E-state index in [1.54, 1.807) is 0 Å². The molecular weight excluding hydrogens is 254 g/mol. The molecule has 0 heterocycles. The average molecular weight is 270 g/mol. The zero-order valence-electron chi connectivity index (χ0n) is 9.30. The third kappa shape index (κ3) is 3.67. The molecule has 15 heavy (non-hydrogen) atoms. The van der Waals surface area contributed by atoms with Gasteiger partial charge in [0, 0.05) is 16.9 Å². The summed E-state index contributed by atoms with van der Waals surface area (Å²) in [7, 11) is 0. The molecule has 1 N–H and O–H groups in total. The number of nitrogens with one attached hydrogen (secondary N) is 1. The fourth-order valence-corrected chi connectivity index (χ4v) is 1.57. The molecule has 1 amide bonds. The van der Waals surface area contributed by atoms with Crippen LogP contribution in [0.2, 0.25) is 0 Å². The van der Waals surface area contributed by atoms with Crippen LogP contribution in [0.3, 0.4) is 0 Å². The highest BCUT2D eigenvalue weighted by molar-refractivity contribution is 9.10. The molecule has 1 aromatic rings. The molecule has 0 spiro atoms. The molecular formula is C12H16BrNO. The van der Waals surface area contributed by atoms with E-state index in [-0.39, 0.29) is 11.8 Å². The Hall–Kier alpha value is -0.830. The quantitative estimate of drug-likeness (QED) is 0.898. The van der Waals surface area contributed by atoms with Crippen molar-refractivity contribution in [2.75, 3.05) is 0 Å². The molecule has 0 saturated heterocycles. The van der Waals surface area contributed by atoms with Gasteiger partial charge in [0.05, 0.1) is 0 Å². The fourth-order valence-electron chi connectivity index (χ4n) is 1.14. The molecule has 0 bridgehead atoms. The number of hydrogen-bond acceptors (Lipinski definition) is 1. The van der Waals surface area contributed by atoms with E-state index in [1.807, 2.05) is 39.0 Å². The lowest BCUT2D eigenvalue weighted by molar-refractivity contribution is -0.124. The van der Waals surface area contributed by atoms with E-state index in [1.165, 1.54) is 5.56 Å². The highest BCUT2D eigenvalue weighted by Crippen LogP contribution is 2.17. The van der Waals surface area contributed by atoms with Crippen molar-refractivity contribution in [1.29, 1.82) is 0 Å². The van der Waals surface area contributed by atoms with Gasteiger partial charge < -0.3 is 5.32 Å². The normalized spacial score (nSPS) is 10.5. The Morgan fingerprint density at radius 1 is 1.47 bits per heavy atom. The van der Waals surface area contributed by atoms with E-state index >= 15 is 0 Å². The number of benzene rings is 1. The second kappa shape index (κ2) is 5.31. The summed E-state index contributed by atoms with van der Waals surface area (Å²) < 4.78 is 1.08. The molecule has 0 aliphatic carbocycles. The molecule has 0 atom stereocenters. The van der Waals surface area contributed by atoms with Crippen LogP contribution in [0, 0.1) is 12.8 Å². The summed E-state index contributed by atoms with van der Waals surface area (Å²) in [5.74, 6) is 0.130. The number of hydrogen-bond donors (Lipinski definition) is 1. The van der Waals surface area contributed by atoms with Gasteiger partial charge in [-0.3, -0.25) is 4.79 Å². The van der Waals surface area contributed by atoms with Gasteiger partial charge in [-0.15, -0.1) is 0 Å². The van der Waals surface area contributed by atoms with Crippen LogP contribution in [0.4, 0.5) is 0 Å². The molecule has 0 aromatic heterocycles. The number of amides is 1. The summed E-state index contributed by atoms with van der Waals surface area (Å²) in [4.78, 5) is 11.3. The number of rotatable bonds is 3. The van der Waals surface area contributed by atoms with Gasteiger partial charge >= 0.3 is 0 Å². The second-order valence-electron chi connectivity index (χ2n) is 3.96. The zero-order valence-corrected chi connectivity index (χ0v) is 10.9. The van der Waals surface area contributed by atoms with Gasteiger partial charge in [0.15, 0.2) is 0 Å². The summed E-state index contributed by atoms with van der Waals surface area (Å²) in [5, 5.41) is 2.89. The van der Waals surface area contributed by atoms with Crippen molar-refractivity contribution in [3.8, 4) is 0 Å². The van der Waals surface area contributed by atoms with Crippen molar-refractivity contribution in [3.63, 3.8) is 0 Å². The van der Waals surface area contributed by atoms with E-state index < -0.39 is 0 Å². The number of carbonyl (C=O) groups is 1. The van der Waals surface area contributed by atoms with Gasteiger partial charge in [0.25, 0.3) is 0 Å². The van der Waals surface area contributed by atoms with E-state index in [0.717, 1.165) is 10.0 Å². The predicted octanol–water partition coefficient (Wildman–Crippen LogP) is 3.03. The standard InChI is InChI=1S/C12H16BrNO/c1-8(2)12(15)14-7-10-5-4-9(3)11(13)6-10/h4-6,8H,7H2,1-3H3,(H,14,15). The Labute approximate surface area is 99.2 Å². The molecule has 3 heteroatoms. The van der Waals surface area contributed by atoms with Gasteiger partial charge in [-0.1, -0.05) is 41.9 Å². The Morgan fingerprint density at radius 2 is 2.13 bits per heavy atom. The first kappa shape index (κ1) is 12.2. The van der Waals surface area contributed by atoms with Gasteiger partial charge in [0.2, 0.25) is 5.91 Å². The maximum atomic E-state index is 11.3. The van der Waals surface area contributed by atoms with Crippen molar-refractivity contribution in [1.82, 2.24) is 5.32 Å². The van der Waals surface area contributed by atoms with Gasteiger partial charge in [0.1, 0.15) is 0 Å². The lowest BCUT2D eigenvalue weighted by Crippen LogP contribution is -2.27. The maximum absolute atomic E-state index is 11.3. The lowest BCUT2D eigenvalue weighted by atomic mass is 10.1. The monoisotopic (exact) mass is 269 g/mol. The smallest absolute Gasteiger partial charge is 0.222 e. The summed E-state index contributed by atoms with van der Waals surface area (Å²) in [6.45, 7) is 6.41. The minimum absolute atomic E-state index is 0.0406. The first-order chi connectivity index (χ1) is 7.00. The third-order valence-corrected chi connectivity index (χ3v) is 3.08. The highest BCUT2D eigenvalue weighted by atomic mass is 79.9. The summed E-state index contributed by atoms with van der Waals surface area (Å²) in [6.07, 6.45) is 0. The van der Waals surface area contributed by atoms with Crippen LogP contribution in [0.15, 0.2) is 22.7 Å². The fraction of sp³-hybridized carbons (Fsp3) is 0.417. The van der Waals surface area contributed by atoms with Crippen LogP contribution in [0.25, 0.3) is 0 Å². The Morgan fingerprint density at radius 3 is 2.67 bits per heavy atom. The average Bonchev–Trinajstić information content (AvgIpc) is 2.19. The SMILES string of the molecule is Cc1ccc(CNC(=O)C(C)C)cc1Br. The number of carbonyl (C=O) groups excluding carboxylic acids is 1. The van der Waals surface area contributed by atoms with Gasteiger partial charge in [-0.05, 0) is 24.1 Å². The maximum Gasteiger partial charge on any atom is 0.222 e. The summed E-state index contributed by atoms with van der Waals surface area (Å²) >= 11 is 3.47. The second-order valence-corrected chi connectivity index (χ2v) is 4.81. The van der Waals surface area contributed by atoms with Crippen LogP contribution in [0.5, 0.6) is 0 Å². The molecule has 0 aliphatic rings. The van der Waals surface area contributed by atoms with E-state index in [2.05, 4.69) is 21.2 Å². The zero-order chi connectivity index (χ0) is 11.4. The molecule has 0 radical (unpaired) electrons. The van der Waals surface area contributed by atoms with Crippen LogP contribution >= 0.6 is 15.9 Å². The van der Waals surface area contributed by atoms with Crippen LogP contribution < -0.4 is 5.32 Å². The van der Waals surface area contributed by atoms with Crippen molar-refractivity contribution >= 4 is 21.8 Å². The molecule has 2 nitrogen and oxygen atoms in total. The van der Waals surface area contributed by atoms with Crippen LogP contribution in [-0.2, 0) is 11.3 Å².